The van der Waals surface area contributed by atoms with Crippen molar-refractivity contribution >= 4 is 5.91 Å². The highest BCUT2D eigenvalue weighted by atomic mass is 16.2. The minimum atomic E-state index is -0.0522. The molecule has 0 saturated heterocycles. The van der Waals surface area contributed by atoms with Crippen molar-refractivity contribution in [3.8, 4) is 0 Å². The predicted octanol–water partition coefficient (Wildman–Crippen LogP) is 2.29. The number of aromatic nitrogens is 2. The maximum atomic E-state index is 12.2. The summed E-state index contributed by atoms with van der Waals surface area (Å²) in [7, 11) is 0. The predicted molar refractivity (Wildman–Crippen MR) is 72.6 cm³/mol. The van der Waals surface area contributed by atoms with Crippen LogP contribution in [0, 0.1) is 0 Å². The van der Waals surface area contributed by atoms with Gasteiger partial charge in [-0.3, -0.25) is 4.79 Å². The van der Waals surface area contributed by atoms with Crippen molar-refractivity contribution in [2.45, 2.75) is 25.8 Å². The Morgan fingerprint density at radius 3 is 2.95 bits per heavy atom. The fraction of sp³-hybridized carbons (Fsp3) is 0.333. The number of hydrogen-bond acceptors (Lipinski definition) is 2. The molecule has 98 valence electrons. The fourth-order valence-electron chi connectivity index (χ4n) is 2.72. The molecule has 1 N–H and O–H groups in total. The third-order valence-electron chi connectivity index (χ3n) is 3.66. The van der Waals surface area contributed by atoms with E-state index < -0.39 is 0 Å². The van der Waals surface area contributed by atoms with Crippen LogP contribution in [0.3, 0.4) is 0 Å². The summed E-state index contributed by atoms with van der Waals surface area (Å²) in [6, 6.07) is 10.1. The number of carbonyl (C=O) groups is 1. The molecule has 4 heteroatoms. The summed E-state index contributed by atoms with van der Waals surface area (Å²) in [5.74, 6) is 0.183. The van der Waals surface area contributed by atoms with E-state index in [1.165, 1.54) is 0 Å². The molecule has 1 atom stereocenters. The lowest BCUT2D eigenvalue weighted by Crippen LogP contribution is -2.40. The summed E-state index contributed by atoms with van der Waals surface area (Å²) < 4.78 is 0. The monoisotopic (exact) mass is 255 g/mol. The second-order valence-electron chi connectivity index (χ2n) is 4.77. The Labute approximate surface area is 112 Å². The second kappa shape index (κ2) is 4.88. The normalized spacial score (nSPS) is 18.2. The summed E-state index contributed by atoms with van der Waals surface area (Å²) in [6.07, 6.45) is 3.11. The summed E-state index contributed by atoms with van der Waals surface area (Å²) in [5, 5.41) is 0. The molecule has 2 aromatic rings. The molecule has 1 aliphatic rings. The van der Waals surface area contributed by atoms with E-state index in [1.54, 1.807) is 6.33 Å². The van der Waals surface area contributed by atoms with Crippen LogP contribution in [0.25, 0.3) is 0 Å². The van der Waals surface area contributed by atoms with Crippen LogP contribution in [0.15, 0.2) is 36.7 Å². The number of nitrogens with one attached hydrogen (secondary N) is 1. The quantitative estimate of drug-likeness (QED) is 0.895. The average Bonchev–Trinajstić information content (AvgIpc) is 2.94. The van der Waals surface area contributed by atoms with E-state index in [0.717, 1.165) is 29.9 Å². The van der Waals surface area contributed by atoms with Crippen molar-refractivity contribution in [1.29, 1.82) is 0 Å². The van der Waals surface area contributed by atoms with Crippen molar-refractivity contribution in [2.24, 2.45) is 0 Å². The topological polar surface area (TPSA) is 49.0 Å². The van der Waals surface area contributed by atoms with Gasteiger partial charge in [0.25, 0.3) is 0 Å². The van der Waals surface area contributed by atoms with Crippen molar-refractivity contribution in [1.82, 2.24) is 14.9 Å². The van der Waals surface area contributed by atoms with Gasteiger partial charge in [0.05, 0.1) is 12.0 Å². The van der Waals surface area contributed by atoms with Crippen LogP contribution in [0.2, 0.25) is 0 Å². The van der Waals surface area contributed by atoms with Crippen LogP contribution in [0.5, 0.6) is 0 Å². The molecule has 0 aliphatic carbocycles. The number of aromatic amines is 1. The molecular formula is C15H17N3O. The molecule has 1 aromatic carbocycles. The third kappa shape index (κ3) is 2.03. The molecule has 19 heavy (non-hydrogen) atoms. The number of amides is 1. The minimum absolute atomic E-state index is 0.0522. The Morgan fingerprint density at radius 2 is 2.21 bits per heavy atom. The molecule has 1 aliphatic heterocycles. The van der Waals surface area contributed by atoms with E-state index in [-0.39, 0.29) is 11.9 Å². The highest BCUT2D eigenvalue weighted by Gasteiger charge is 2.32. The minimum Gasteiger partial charge on any atom is -0.348 e. The van der Waals surface area contributed by atoms with Crippen LogP contribution in [-0.2, 0) is 11.2 Å². The molecule has 2 heterocycles. The van der Waals surface area contributed by atoms with Gasteiger partial charge in [-0.25, -0.2) is 4.98 Å². The number of imidazole rings is 1. The molecule has 4 nitrogen and oxygen atoms in total. The van der Waals surface area contributed by atoms with Gasteiger partial charge in [-0.05, 0) is 5.56 Å². The van der Waals surface area contributed by atoms with Gasteiger partial charge < -0.3 is 9.88 Å². The molecule has 1 aromatic heterocycles. The van der Waals surface area contributed by atoms with E-state index in [2.05, 4.69) is 22.1 Å². The molecular weight excluding hydrogens is 238 g/mol. The standard InChI is InChI=1S/C15H17N3O/c1-2-13(19)18-9-8-12-14(17-10-16-12)15(18)11-6-4-3-5-7-11/h3-7,10,15H,2,8-9H2,1H3,(H,16,17). The van der Waals surface area contributed by atoms with E-state index >= 15 is 0 Å². The van der Waals surface area contributed by atoms with E-state index in [9.17, 15) is 4.79 Å². The van der Waals surface area contributed by atoms with E-state index in [0.29, 0.717) is 6.42 Å². The zero-order valence-electron chi connectivity index (χ0n) is 11.0. The largest absolute Gasteiger partial charge is 0.348 e. The van der Waals surface area contributed by atoms with E-state index in [4.69, 9.17) is 0 Å². The lowest BCUT2D eigenvalue weighted by atomic mass is 9.95. The number of fused-ring (bicyclic) bond motifs is 1. The summed E-state index contributed by atoms with van der Waals surface area (Å²) >= 11 is 0. The lowest BCUT2D eigenvalue weighted by Gasteiger charge is -2.35. The first-order valence-corrected chi connectivity index (χ1v) is 6.67. The molecule has 3 rings (SSSR count). The van der Waals surface area contributed by atoms with Crippen LogP contribution >= 0.6 is 0 Å². The third-order valence-corrected chi connectivity index (χ3v) is 3.66. The van der Waals surface area contributed by atoms with Gasteiger partial charge in [0, 0.05) is 25.1 Å². The number of benzene rings is 1. The SMILES string of the molecule is CCC(=O)N1CCc2[nH]cnc2C1c1ccccc1. The number of nitrogens with zero attached hydrogens (tertiary/aromatic N) is 2. The van der Waals surface area contributed by atoms with Crippen molar-refractivity contribution in [3.05, 3.63) is 53.6 Å². The Hall–Kier alpha value is -2.10. The zero-order chi connectivity index (χ0) is 13.2. The van der Waals surface area contributed by atoms with Crippen molar-refractivity contribution < 1.29 is 4.79 Å². The zero-order valence-corrected chi connectivity index (χ0v) is 11.0. The molecule has 0 fully saturated rings. The molecule has 1 amide bonds. The Kier molecular flexibility index (Phi) is 3.07. The molecule has 1 unspecified atom stereocenters. The molecule has 0 radical (unpaired) electrons. The first-order valence-electron chi connectivity index (χ1n) is 6.67. The number of rotatable bonds is 2. The van der Waals surface area contributed by atoms with Gasteiger partial charge in [0.15, 0.2) is 0 Å². The summed E-state index contributed by atoms with van der Waals surface area (Å²) in [5.41, 5.74) is 3.26. The van der Waals surface area contributed by atoms with E-state index in [1.807, 2.05) is 30.0 Å². The fourth-order valence-corrected chi connectivity index (χ4v) is 2.72. The average molecular weight is 255 g/mol. The number of H-pyrrole nitrogens is 1. The first kappa shape index (κ1) is 12.0. The first-order chi connectivity index (χ1) is 9.31. The molecule has 0 spiro atoms. The summed E-state index contributed by atoms with van der Waals surface area (Å²) in [6.45, 7) is 2.66. The lowest BCUT2D eigenvalue weighted by molar-refractivity contribution is -0.133. The highest BCUT2D eigenvalue weighted by Crippen LogP contribution is 2.33. The maximum absolute atomic E-state index is 12.2. The highest BCUT2D eigenvalue weighted by molar-refractivity contribution is 5.77. The Bertz CT molecular complexity index is 576. The maximum Gasteiger partial charge on any atom is 0.223 e. The van der Waals surface area contributed by atoms with Crippen LogP contribution in [0.1, 0.15) is 36.3 Å². The van der Waals surface area contributed by atoms with Crippen LogP contribution in [0.4, 0.5) is 0 Å². The number of hydrogen-bond donors (Lipinski definition) is 1. The van der Waals surface area contributed by atoms with Gasteiger partial charge in [-0.1, -0.05) is 37.3 Å². The van der Waals surface area contributed by atoms with Crippen molar-refractivity contribution in [2.75, 3.05) is 6.54 Å². The van der Waals surface area contributed by atoms with Crippen LogP contribution < -0.4 is 0 Å². The summed E-state index contributed by atoms with van der Waals surface area (Å²) in [4.78, 5) is 21.7. The van der Waals surface area contributed by atoms with Gasteiger partial charge in [-0.2, -0.15) is 0 Å². The van der Waals surface area contributed by atoms with Gasteiger partial charge in [-0.15, -0.1) is 0 Å². The van der Waals surface area contributed by atoms with Gasteiger partial charge >= 0.3 is 0 Å². The second-order valence-corrected chi connectivity index (χ2v) is 4.77. The van der Waals surface area contributed by atoms with Crippen molar-refractivity contribution in [3.63, 3.8) is 0 Å². The van der Waals surface area contributed by atoms with Crippen LogP contribution in [-0.4, -0.2) is 27.3 Å². The number of carbonyl (C=O) groups excluding carboxylic acids is 1. The Morgan fingerprint density at radius 1 is 1.42 bits per heavy atom. The molecule has 0 saturated carbocycles. The smallest absolute Gasteiger partial charge is 0.223 e. The van der Waals surface area contributed by atoms with Gasteiger partial charge in [0.2, 0.25) is 5.91 Å². The molecule has 0 bridgehead atoms. The van der Waals surface area contributed by atoms with Gasteiger partial charge in [0.1, 0.15) is 6.04 Å². The Balaban J connectivity index is 2.07.